The van der Waals surface area contributed by atoms with Crippen LogP contribution < -0.4 is 15.4 Å². The smallest absolute Gasteiger partial charge is 0.319 e. The molecule has 8 heterocycles. The molecule has 0 spiro atoms. The van der Waals surface area contributed by atoms with Gasteiger partial charge in [-0.2, -0.15) is 15.2 Å². The first-order valence-electron chi connectivity index (χ1n) is 17.8. The number of nitrogens with zero attached hydrogens (tertiary/aromatic N) is 7. The van der Waals surface area contributed by atoms with Crippen LogP contribution in [0.4, 0.5) is 24.0 Å². The van der Waals surface area contributed by atoms with Gasteiger partial charge in [0.2, 0.25) is 0 Å². The number of unbranched alkanes of at least 4 members (excludes halogenated alkanes) is 1. The average Bonchev–Trinajstić information content (AvgIpc) is 3.93. The van der Waals surface area contributed by atoms with Gasteiger partial charge in [0.1, 0.15) is 35.2 Å². The Morgan fingerprint density at radius 3 is 2.71 bits per heavy atom. The first-order chi connectivity index (χ1) is 24.8. The van der Waals surface area contributed by atoms with Gasteiger partial charge in [0, 0.05) is 55.7 Å². The quantitative estimate of drug-likeness (QED) is 0.225. The van der Waals surface area contributed by atoms with E-state index in [1.165, 1.54) is 0 Å². The van der Waals surface area contributed by atoms with Gasteiger partial charge in [-0.3, -0.25) is 14.8 Å². The molecule has 5 aliphatic rings. The van der Waals surface area contributed by atoms with Gasteiger partial charge in [-0.05, 0) is 62.7 Å². The molecule has 5 aliphatic heterocycles. The zero-order chi connectivity index (χ0) is 35.0. The number of fused-ring (bicyclic) bond motifs is 7. The van der Waals surface area contributed by atoms with Crippen LogP contribution in [-0.2, 0) is 18.0 Å². The third-order valence-electron chi connectivity index (χ3n) is 11.7. The number of nitriles is 1. The maximum Gasteiger partial charge on any atom is 0.319 e. The predicted molar refractivity (Wildman–Crippen MR) is 186 cm³/mol. The minimum Gasteiger partial charge on any atom is -0.461 e. The van der Waals surface area contributed by atoms with Gasteiger partial charge in [-0.25, -0.2) is 13.2 Å². The van der Waals surface area contributed by atoms with Crippen LogP contribution in [0.15, 0.2) is 6.20 Å². The lowest BCUT2D eigenvalue weighted by Crippen LogP contribution is -2.54. The molecule has 3 aromatic heterocycles. The van der Waals surface area contributed by atoms with Gasteiger partial charge < -0.3 is 25.2 Å². The summed E-state index contributed by atoms with van der Waals surface area (Å²) in [5.41, 5.74) is 7.27. The summed E-state index contributed by atoms with van der Waals surface area (Å²) in [5.74, 6) is -0.734. The fraction of sp³-hybridized carbons (Fsp3) is 0.556. The third-order valence-corrected chi connectivity index (χ3v) is 12.7. The number of pyridine rings is 1. The van der Waals surface area contributed by atoms with Crippen molar-refractivity contribution in [1.82, 2.24) is 24.8 Å². The monoisotopic (exact) mass is 720 g/mol. The van der Waals surface area contributed by atoms with Gasteiger partial charge in [0.15, 0.2) is 11.6 Å². The summed E-state index contributed by atoms with van der Waals surface area (Å²) in [6, 6.07) is 2.34. The molecule has 3 N–H and O–H groups in total. The summed E-state index contributed by atoms with van der Waals surface area (Å²) in [4.78, 5) is 21.1. The molecule has 9 rings (SSSR count). The molecule has 4 aromatic rings. The number of ether oxygens (including phenoxy) is 2. The van der Waals surface area contributed by atoms with Crippen LogP contribution in [0.25, 0.3) is 32.2 Å². The van der Waals surface area contributed by atoms with Crippen molar-refractivity contribution < 1.29 is 27.8 Å². The number of thiophene rings is 1. The number of aliphatic hydroxyl groups excluding tert-OH is 1. The van der Waals surface area contributed by atoms with Crippen LogP contribution in [0.2, 0.25) is 0 Å². The van der Waals surface area contributed by atoms with Crippen molar-refractivity contribution in [3.63, 3.8) is 0 Å². The molecular weight excluding hydrogens is 682 g/mol. The Labute approximate surface area is 296 Å². The van der Waals surface area contributed by atoms with E-state index in [1.54, 1.807) is 0 Å². The molecule has 2 bridgehead atoms. The van der Waals surface area contributed by atoms with E-state index in [0.717, 1.165) is 87.8 Å². The number of piperazine rings is 1. The van der Waals surface area contributed by atoms with Crippen LogP contribution in [0.3, 0.4) is 0 Å². The predicted octanol–water partition coefficient (Wildman–Crippen LogP) is 5.05. The highest BCUT2D eigenvalue weighted by Gasteiger charge is 2.50. The molecule has 268 valence electrons. The highest BCUT2D eigenvalue weighted by atomic mass is 32.1. The number of nitrogens with two attached hydrogens (primary N) is 1. The van der Waals surface area contributed by atoms with Crippen molar-refractivity contribution in [2.45, 2.75) is 82.0 Å². The largest absolute Gasteiger partial charge is 0.461 e. The van der Waals surface area contributed by atoms with Crippen molar-refractivity contribution in [3.8, 4) is 23.3 Å². The van der Waals surface area contributed by atoms with E-state index in [1.807, 2.05) is 0 Å². The second-order valence-corrected chi connectivity index (χ2v) is 15.7. The molecule has 0 aliphatic carbocycles. The van der Waals surface area contributed by atoms with Crippen LogP contribution in [0, 0.1) is 23.0 Å². The molecule has 0 saturated carbocycles. The van der Waals surface area contributed by atoms with Crippen LogP contribution in [0.5, 0.6) is 6.01 Å². The lowest BCUT2D eigenvalue weighted by molar-refractivity contribution is 0.107. The Kier molecular flexibility index (Phi) is 8.23. The second kappa shape index (κ2) is 12.7. The Hall–Kier alpha value is -3.81. The van der Waals surface area contributed by atoms with Crippen molar-refractivity contribution in [1.29, 1.82) is 5.26 Å². The second-order valence-electron chi connectivity index (χ2n) is 14.7. The maximum atomic E-state index is 17.5. The summed E-state index contributed by atoms with van der Waals surface area (Å²) >= 11 is 0.932. The van der Waals surface area contributed by atoms with Crippen molar-refractivity contribution in [3.05, 3.63) is 34.5 Å². The topological polar surface area (TPSA) is 137 Å². The molecule has 4 saturated heterocycles. The first kappa shape index (κ1) is 33.1. The number of halogens is 3. The minimum atomic E-state index is -0.932. The number of benzene rings is 1. The standard InChI is InChI=1S/C36H39F3N8O3S/c37-19-10-36(6-3-8-46(36)13-19)18-50-35-43-31-28(34(44-35)47-20-4-5-21(47)15-45(14-20)7-1-2-9-48)24-17-49-16-23(24)26(29(31)39)30-27-22(11-40)33(41)51-32(27)25(38)12-42-30/h12,19-21,48H,1-10,13-18,41H2/t19?,20?,21?,36-/m0/s1. The van der Waals surface area contributed by atoms with E-state index in [-0.39, 0.29) is 81.9 Å². The third kappa shape index (κ3) is 5.24. The van der Waals surface area contributed by atoms with Gasteiger partial charge in [0.25, 0.3) is 0 Å². The average molecular weight is 721 g/mol. The Balaban J connectivity index is 1.21. The lowest BCUT2D eigenvalue weighted by atomic mass is 9.93. The molecule has 0 radical (unpaired) electrons. The van der Waals surface area contributed by atoms with Crippen LogP contribution >= 0.6 is 11.3 Å². The van der Waals surface area contributed by atoms with Gasteiger partial charge >= 0.3 is 6.01 Å². The van der Waals surface area contributed by atoms with E-state index >= 15 is 8.78 Å². The van der Waals surface area contributed by atoms with Crippen LogP contribution in [-0.4, -0.2) is 99.6 Å². The summed E-state index contributed by atoms with van der Waals surface area (Å²) < 4.78 is 59.7. The molecule has 15 heteroatoms. The first-order valence-corrected chi connectivity index (χ1v) is 18.6. The number of hydrogen-bond acceptors (Lipinski definition) is 12. The van der Waals surface area contributed by atoms with E-state index in [0.29, 0.717) is 29.7 Å². The minimum absolute atomic E-state index is 0.0178. The van der Waals surface area contributed by atoms with Gasteiger partial charge in [-0.15, -0.1) is 11.3 Å². The normalized spacial score (nSPS) is 26.0. The summed E-state index contributed by atoms with van der Waals surface area (Å²) in [6.45, 7) is 4.33. The van der Waals surface area contributed by atoms with E-state index in [2.05, 4.69) is 25.8 Å². The molecule has 4 fully saturated rings. The van der Waals surface area contributed by atoms with Gasteiger partial charge in [0.05, 0.1) is 46.3 Å². The molecular formula is C36H39F3N8O3S. The van der Waals surface area contributed by atoms with E-state index in [4.69, 9.17) is 25.2 Å². The molecule has 11 nitrogen and oxygen atoms in total. The summed E-state index contributed by atoms with van der Waals surface area (Å²) in [6.07, 6.45) is 5.79. The van der Waals surface area contributed by atoms with Crippen molar-refractivity contribution in [2.24, 2.45) is 0 Å². The number of anilines is 2. The Morgan fingerprint density at radius 2 is 1.92 bits per heavy atom. The van der Waals surface area contributed by atoms with Crippen molar-refractivity contribution >= 4 is 43.1 Å². The molecule has 3 unspecified atom stereocenters. The number of aliphatic hydroxyl groups is 1. The highest BCUT2D eigenvalue weighted by molar-refractivity contribution is 7.23. The number of likely N-dealkylation sites (tertiary alicyclic amines) is 1. The maximum absolute atomic E-state index is 17.5. The fourth-order valence-corrected chi connectivity index (χ4v) is 10.4. The molecule has 1 aromatic carbocycles. The molecule has 0 amide bonds. The van der Waals surface area contributed by atoms with E-state index in [9.17, 15) is 14.8 Å². The zero-order valence-electron chi connectivity index (χ0n) is 28.1. The Morgan fingerprint density at radius 1 is 1.12 bits per heavy atom. The SMILES string of the molecule is N#Cc1c(N)sc2c(F)cnc(-c3c4c(c5c(N6C7CCC6CN(CCCCO)C7)nc(OC[C@@]67CCCN6CC(F)C7)nc5c3F)COC4)c12. The fourth-order valence-electron chi connectivity index (χ4n) is 9.49. The van der Waals surface area contributed by atoms with Crippen LogP contribution in [0.1, 0.15) is 61.6 Å². The number of nitrogen functional groups attached to an aromatic ring is 1. The molecule has 51 heavy (non-hydrogen) atoms. The lowest BCUT2D eigenvalue weighted by Gasteiger charge is -2.42. The summed E-state index contributed by atoms with van der Waals surface area (Å²) in [5, 5.41) is 20.2. The van der Waals surface area contributed by atoms with Gasteiger partial charge in [-0.1, -0.05) is 0 Å². The number of alkyl halides is 1. The Bertz CT molecular complexity index is 2080. The van der Waals surface area contributed by atoms with Crippen molar-refractivity contribution in [2.75, 3.05) is 56.6 Å². The number of aromatic nitrogens is 3. The zero-order valence-corrected chi connectivity index (χ0v) is 29.0. The summed E-state index contributed by atoms with van der Waals surface area (Å²) in [7, 11) is 0. The number of rotatable bonds is 9. The molecule has 4 atom stereocenters. The highest BCUT2D eigenvalue weighted by Crippen LogP contribution is 2.48. The number of hydrogen-bond donors (Lipinski definition) is 2. The van der Waals surface area contributed by atoms with E-state index < -0.39 is 23.3 Å².